The lowest BCUT2D eigenvalue weighted by Gasteiger charge is -2.34. The number of aliphatic hydroxyl groups is 1. The number of aliphatic hydroxyl groups excluding tert-OH is 1. The summed E-state index contributed by atoms with van der Waals surface area (Å²) < 4.78 is 1.75. The van der Waals surface area contributed by atoms with E-state index in [2.05, 4.69) is 10.1 Å². The molecule has 1 aromatic heterocycles. The molecule has 8 nitrogen and oxygen atoms in total. The standard InChI is InChI=1S/C19H29N5O3/c25-17-9-15-11-23(10-14(15)8-16(17)24-13-20-12-21-24)19(27)5-7-22-6-3-1-2-4-18(22)26/h12-17,25H,1-11H2/t14-,15+,16-,17-/m1/s1. The molecule has 27 heavy (non-hydrogen) atoms. The van der Waals surface area contributed by atoms with Gasteiger partial charge < -0.3 is 14.9 Å². The SMILES string of the molecule is O=C1CCCCCN1CCC(=O)N1C[C@H]2C[C@@H](n3cncn3)[C@H](O)C[C@H]2C1. The molecular formula is C19H29N5O3. The molecule has 0 unspecified atom stereocenters. The highest BCUT2D eigenvalue weighted by Gasteiger charge is 2.43. The minimum Gasteiger partial charge on any atom is -0.391 e. The lowest BCUT2D eigenvalue weighted by Crippen LogP contribution is -2.36. The molecule has 1 saturated carbocycles. The molecule has 0 spiro atoms. The summed E-state index contributed by atoms with van der Waals surface area (Å²) in [4.78, 5) is 32.6. The molecule has 148 valence electrons. The van der Waals surface area contributed by atoms with Crippen LogP contribution < -0.4 is 0 Å². The van der Waals surface area contributed by atoms with Gasteiger partial charge in [0, 0.05) is 39.0 Å². The van der Waals surface area contributed by atoms with Crippen molar-refractivity contribution in [2.24, 2.45) is 11.8 Å². The monoisotopic (exact) mass is 375 g/mol. The largest absolute Gasteiger partial charge is 0.391 e. The topological polar surface area (TPSA) is 91.6 Å². The summed E-state index contributed by atoms with van der Waals surface area (Å²) in [5, 5.41) is 14.7. The number of carbonyl (C=O) groups is 2. The van der Waals surface area contributed by atoms with Crippen LogP contribution in [-0.2, 0) is 9.59 Å². The van der Waals surface area contributed by atoms with E-state index in [0.717, 1.165) is 45.3 Å². The van der Waals surface area contributed by atoms with Gasteiger partial charge in [-0.05, 0) is 37.5 Å². The Morgan fingerprint density at radius 1 is 1.19 bits per heavy atom. The van der Waals surface area contributed by atoms with E-state index in [4.69, 9.17) is 0 Å². The quantitative estimate of drug-likeness (QED) is 0.842. The van der Waals surface area contributed by atoms with Crippen LogP contribution in [0.1, 0.15) is 51.0 Å². The third-order valence-electron chi connectivity index (χ3n) is 6.51. The van der Waals surface area contributed by atoms with Gasteiger partial charge in [-0.25, -0.2) is 9.67 Å². The van der Waals surface area contributed by atoms with Gasteiger partial charge in [-0.1, -0.05) is 6.42 Å². The predicted octanol–water partition coefficient (Wildman–Crippen LogP) is 0.841. The van der Waals surface area contributed by atoms with E-state index in [9.17, 15) is 14.7 Å². The highest BCUT2D eigenvalue weighted by Crippen LogP contribution is 2.41. The molecule has 4 rings (SSSR count). The Morgan fingerprint density at radius 3 is 2.78 bits per heavy atom. The maximum atomic E-state index is 12.7. The molecule has 2 amide bonds. The Bertz CT molecular complexity index is 664. The number of rotatable bonds is 4. The maximum absolute atomic E-state index is 12.7. The first-order valence-corrected chi connectivity index (χ1v) is 10.2. The van der Waals surface area contributed by atoms with Crippen LogP contribution in [0.2, 0.25) is 0 Å². The number of hydrogen-bond donors (Lipinski definition) is 1. The van der Waals surface area contributed by atoms with E-state index in [1.807, 2.05) is 9.80 Å². The summed E-state index contributed by atoms with van der Waals surface area (Å²) in [6.07, 6.45) is 8.34. The molecular weight excluding hydrogens is 346 g/mol. The normalized spacial score (nSPS) is 31.7. The number of hydrogen-bond acceptors (Lipinski definition) is 5. The van der Waals surface area contributed by atoms with Crippen LogP contribution in [0.4, 0.5) is 0 Å². The van der Waals surface area contributed by atoms with Crippen molar-refractivity contribution < 1.29 is 14.7 Å². The zero-order valence-corrected chi connectivity index (χ0v) is 15.7. The molecule has 4 atom stereocenters. The number of aromatic nitrogens is 3. The number of carbonyl (C=O) groups excluding carboxylic acids is 2. The second kappa shape index (κ2) is 7.96. The zero-order chi connectivity index (χ0) is 18.8. The zero-order valence-electron chi connectivity index (χ0n) is 15.7. The molecule has 0 bridgehead atoms. The molecule has 3 fully saturated rings. The molecule has 1 N–H and O–H groups in total. The van der Waals surface area contributed by atoms with Gasteiger partial charge in [0.2, 0.25) is 11.8 Å². The van der Waals surface area contributed by atoms with Gasteiger partial charge in [0.05, 0.1) is 12.1 Å². The van der Waals surface area contributed by atoms with Crippen molar-refractivity contribution in [2.45, 2.75) is 57.1 Å². The molecule has 0 aromatic carbocycles. The van der Waals surface area contributed by atoms with Crippen LogP contribution in [0.3, 0.4) is 0 Å². The molecule has 2 saturated heterocycles. The van der Waals surface area contributed by atoms with E-state index in [0.29, 0.717) is 37.6 Å². The van der Waals surface area contributed by atoms with Crippen molar-refractivity contribution in [1.82, 2.24) is 24.6 Å². The number of nitrogens with zero attached hydrogens (tertiary/aromatic N) is 5. The second-order valence-corrected chi connectivity index (χ2v) is 8.24. The minimum atomic E-state index is -0.447. The van der Waals surface area contributed by atoms with Gasteiger partial charge in [-0.2, -0.15) is 5.10 Å². The van der Waals surface area contributed by atoms with Crippen molar-refractivity contribution in [3.8, 4) is 0 Å². The number of likely N-dealkylation sites (tertiary alicyclic amines) is 2. The summed E-state index contributed by atoms with van der Waals surface area (Å²) in [5.41, 5.74) is 0. The Kier molecular flexibility index (Phi) is 5.43. The number of fused-ring (bicyclic) bond motifs is 1. The van der Waals surface area contributed by atoms with Crippen LogP contribution in [-0.4, -0.2) is 73.8 Å². The average molecular weight is 375 g/mol. The Balaban J connectivity index is 1.31. The van der Waals surface area contributed by atoms with Crippen molar-refractivity contribution in [2.75, 3.05) is 26.2 Å². The van der Waals surface area contributed by atoms with Crippen LogP contribution >= 0.6 is 0 Å². The molecule has 1 aliphatic carbocycles. The summed E-state index contributed by atoms with van der Waals surface area (Å²) in [6, 6.07) is -0.0569. The Morgan fingerprint density at radius 2 is 2.00 bits per heavy atom. The summed E-state index contributed by atoms with van der Waals surface area (Å²) >= 11 is 0. The summed E-state index contributed by atoms with van der Waals surface area (Å²) in [5.74, 6) is 1.07. The van der Waals surface area contributed by atoms with Crippen molar-refractivity contribution in [3.63, 3.8) is 0 Å². The maximum Gasteiger partial charge on any atom is 0.224 e. The van der Waals surface area contributed by atoms with E-state index >= 15 is 0 Å². The van der Waals surface area contributed by atoms with Crippen LogP contribution in [0, 0.1) is 11.8 Å². The van der Waals surface area contributed by atoms with Gasteiger partial charge >= 0.3 is 0 Å². The van der Waals surface area contributed by atoms with Gasteiger partial charge in [0.1, 0.15) is 12.7 Å². The predicted molar refractivity (Wildman–Crippen MR) is 97.5 cm³/mol. The highest BCUT2D eigenvalue weighted by atomic mass is 16.3. The van der Waals surface area contributed by atoms with Crippen molar-refractivity contribution >= 4 is 11.8 Å². The van der Waals surface area contributed by atoms with E-state index < -0.39 is 6.10 Å². The van der Waals surface area contributed by atoms with Gasteiger partial charge in [-0.15, -0.1) is 0 Å². The smallest absolute Gasteiger partial charge is 0.224 e. The third-order valence-corrected chi connectivity index (χ3v) is 6.51. The lowest BCUT2D eigenvalue weighted by atomic mass is 9.77. The van der Waals surface area contributed by atoms with Crippen molar-refractivity contribution in [1.29, 1.82) is 0 Å². The average Bonchev–Trinajstić information content (AvgIpc) is 3.27. The van der Waals surface area contributed by atoms with Gasteiger partial charge in [-0.3, -0.25) is 9.59 Å². The lowest BCUT2D eigenvalue weighted by molar-refractivity contribution is -0.133. The molecule has 3 heterocycles. The molecule has 3 aliphatic rings. The first-order valence-electron chi connectivity index (χ1n) is 10.2. The fourth-order valence-corrected chi connectivity index (χ4v) is 4.95. The molecule has 8 heteroatoms. The summed E-state index contributed by atoms with van der Waals surface area (Å²) in [6.45, 7) is 2.78. The van der Waals surface area contributed by atoms with Gasteiger partial charge in [0.25, 0.3) is 0 Å². The van der Waals surface area contributed by atoms with E-state index in [1.165, 1.54) is 6.33 Å². The first-order chi connectivity index (χ1) is 13.1. The van der Waals surface area contributed by atoms with Crippen molar-refractivity contribution in [3.05, 3.63) is 12.7 Å². The highest BCUT2D eigenvalue weighted by molar-refractivity contribution is 5.79. The minimum absolute atomic E-state index is 0.0569. The molecule has 0 radical (unpaired) electrons. The van der Waals surface area contributed by atoms with Crippen LogP contribution in [0.5, 0.6) is 0 Å². The molecule has 1 aromatic rings. The molecule has 2 aliphatic heterocycles. The second-order valence-electron chi connectivity index (χ2n) is 8.24. The fraction of sp³-hybridized carbons (Fsp3) is 0.789. The number of amides is 2. The Labute approximate surface area is 159 Å². The van der Waals surface area contributed by atoms with Crippen LogP contribution in [0.25, 0.3) is 0 Å². The third kappa shape index (κ3) is 4.00. The summed E-state index contributed by atoms with van der Waals surface area (Å²) in [7, 11) is 0. The van der Waals surface area contributed by atoms with E-state index in [-0.39, 0.29) is 17.9 Å². The van der Waals surface area contributed by atoms with E-state index in [1.54, 1.807) is 11.0 Å². The first kappa shape index (κ1) is 18.4. The Hall–Kier alpha value is -1.96. The van der Waals surface area contributed by atoms with Gasteiger partial charge in [0.15, 0.2) is 0 Å². The van der Waals surface area contributed by atoms with Crippen LogP contribution in [0.15, 0.2) is 12.7 Å². The fourth-order valence-electron chi connectivity index (χ4n) is 4.95.